The lowest BCUT2D eigenvalue weighted by Gasteiger charge is -2.31. The van der Waals surface area contributed by atoms with E-state index >= 15 is 0 Å². The highest BCUT2D eigenvalue weighted by Crippen LogP contribution is 2.34. The van der Waals surface area contributed by atoms with Crippen molar-refractivity contribution in [3.8, 4) is 11.4 Å². The van der Waals surface area contributed by atoms with Crippen molar-refractivity contribution in [3.63, 3.8) is 0 Å². The number of aromatic amines is 1. The van der Waals surface area contributed by atoms with E-state index in [0.717, 1.165) is 0 Å². The number of benzene rings is 1. The summed E-state index contributed by atoms with van der Waals surface area (Å²) in [6.07, 6.45) is 1.55. The molecule has 144 valence electrons. The minimum absolute atomic E-state index is 0.0482. The van der Waals surface area contributed by atoms with Crippen LogP contribution in [0.25, 0.3) is 22.3 Å². The molecule has 0 aliphatic carbocycles. The van der Waals surface area contributed by atoms with Crippen molar-refractivity contribution >= 4 is 20.9 Å². The Hall–Kier alpha value is -2.30. The molecule has 1 aliphatic rings. The third-order valence-electron chi connectivity index (χ3n) is 4.76. The summed E-state index contributed by atoms with van der Waals surface area (Å²) in [7, 11) is -2.08. The first-order chi connectivity index (χ1) is 12.8. The number of nitrogens with zero attached hydrogens (tertiary/aromatic N) is 4. The summed E-state index contributed by atoms with van der Waals surface area (Å²) >= 11 is 0. The van der Waals surface area contributed by atoms with Crippen LogP contribution in [0.5, 0.6) is 0 Å². The predicted molar refractivity (Wildman–Crippen MR) is 97.2 cm³/mol. The second kappa shape index (κ2) is 6.39. The molecule has 1 aliphatic heterocycles. The van der Waals surface area contributed by atoms with Gasteiger partial charge in [0.2, 0.25) is 0 Å². The van der Waals surface area contributed by atoms with E-state index in [9.17, 15) is 12.8 Å². The molecule has 0 unspecified atom stereocenters. The third-order valence-corrected chi connectivity index (χ3v) is 6.69. The third kappa shape index (κ3) is 2.93. The first-order valence-electron chi connectivity index (χ1n) is 8.56. The van der Waals surface area contributed by atoms with Gasteiger partial charge in [-0.15, -0.1) is 0 Å². The summed E-state index contributed by atoms with van der Waals surface area (Å²) in [6.45, 7) is 4.46. The van der Waals surface area contributed by atoms with Crippen LogP contribution < -0.4 is 0 Å². The second-order valence-corrected chi connectivity index (χ2v) is 8.61. The molecule has 3 heterocycles. The van der Waals surface area contributed by atoms with Gasteiger partial charge in [0.1, 0.15) is 17.2 Å². The average Bonchev–Trinajstić information content (AvgIpc) is 3.23. The Bertz CT molecular complexity index is 1120. The molecule has 0 bridgehead atoms. The Kier molecular flexibility index (Phi) is 4.28. The van der Waals surface area contributed by atoms with Gasteiger partial charge in [0, 0.05) is 30.6 Å². The number of hydrogen-bond donors (Lipinski definition) is 1. The molecule has 0 spiro atoms. The van der Waals surface area contributed by atoms with Crippen molar-refractivity contribution in [3.05, 3.63) is 29.8 Å². The quantitative estimate of drug-likeness (QED) is 0.733. The maximum atomic E-state index is 14.6. The number of sulfonamides is 1. The lowest BCUT2D eigenvalue weighted by molar-refractivity contribution is 0.0392. The number of rotatable bonds is 3. The first-order valence-corrected chi connectivity index (χ1v) is 10.0. The molecular formula is C17H20FN5O3S. The van der Waals surface area contributed by atoms with Crippen LogP contribution >= 0.6 is 0 Å². The van der Waals surface area contributed by atoms with Gasteiger partial charge in [0.25, 0.3) is 10.0 Å². The molecule has 4 rings (SSSR count). The van der Waals surface area contributed by atoms with E-state index < -0.39 is 15.8 Å². The van der Waals surface area contributed by atoms with Crippen molar-refractivity contribution in [2.45, 2.75) is 24.9 Å². The zero-order chi connectivity index (χ0) is 19.3. The molecule has 10 heteroatoms. The lowest BCUT2D eigenvalue weighted by Crippen LogP contribution is -2.47. The Morgan fingerprint density at radius 2 is 2.15 bits per heavy atom. The molecule has 0 amide bonds. The fourth-order valence-corrected chi connectivity index (χ4v) is 5.05. The number of nitrogens with one attached hydrogen (secondary N) is 1. The maximum absolute atomic E-state index is 14.6. The summed E-state index contributed by atoms with van der Waals surface area (Å²) in [5.74, 6) is -0.0960. The molecule has 27 heavy (non-hydrogen) atoms. The van der Waals surface area contributed by atoms with Crippen molar-refractivity contribution in [1.82, 2.24) is 24.1 Å². The number of ether oxygens (including phenoxy) is 1. The molecule has 8 nitrogen and oxygen atoms in total. The molecule has 0 radical (unpaired) electrons. The molecule has 2 aromatic heterocycles. The van der Waals surface area contributed by atoms with Gasteiger partial charge in [-0.3, -0.25) is 4.68 Å². The van der Waals surface area contributed by atoms with E-state index in [1.807, 2.05) is 0 Å². The standard InChI is InChI=1S/C17H20FN5O3S/c1-10-6-13(18)16-12(15(10)17-19-9-22(3)21-17)7-14(20-16)27(24,25)23-4-5-26-8-11(23)2/h6-7,9,11,20H,4-5,8H2,1-3H3/t11-/m1/s1. The number of morpholine rings is 1. The van der Waals surface area contributed by atoms with Gasteiger partial charge >= 0.3 is 0 Å². The number of H-pyrrole nitrogens is 1. The van der Waals surface area contributed by atoms with Crippen LogP contribution in [0, 0.1) is 12.7 Å². The van der Waals surface area contributed by atoms with Crippen molar-refractivity contribution in [1.29, 1.82) is 0 Å². The highest BCUT2D eigenvalue weighted by Gasteiger charge is 2.33. The molecule has 3 aromatic rings. The van der Waals surface area contributed by atoms with E-state index in [0.29, 0.717) is 35.6 Å². The number of aromatic nitrogens is 4. The van der Waals surface area contributed by atoms with E-state index in [4.69, 9.17) is 4.74 Å². The van der Waals surface area contributed by atoms with Crippen LogP contribution in [0.1, 0.15) is 12.5 Å². The Morgan fingerprint density at radius 3 is 2.81 bits per heavy atom. The minimum Gasteiger partial charge on any atom is -0.378 e. The summed E-state index contributed by atoms with van der Waals surface area (Å²) < 4.78 is 49.0. The fourth-order valence-electron chi connectivity index (χ4n) is 3.45. The predicted octanol–water partition coefficient (Wildman–Crippen LogP) is 1.82. The molecule has 1 aromatic carbocycles. The number of halogens is 1. The maximum Gasteiger partial charge on any atom is 0.258 e. The Labute approximate surface area is 156 Å². The SMILES string of the molecule is Cc1cc(F)c2[nH]c(S(=O)(=O)N3CCOC[C@H]3C)cc2c1-c1ncn(C)n1. The Morgan fingerprint density at radius 1 is 1.37 bits per heavy atom. The second-order valence-electron chi connectivity index (χ2n) is 6.75. The Balaban J connectivity index is 1.91. The zero-order valence-electron chi connectivity index (χ0n) is 15.2. The van der Waals surface area contributed by atoms with Gasteiger partial charge in [0.05, 0.1) is 18.7 Å². The molecular weight excluding hydrogens is 373 g/mol. The van der Waals surface area contributed by atoms with Crippen LogP contribution in [-0.2, 0) is 21.8 Å². The molecule has 1 fully saturated rings. The molecule has 1 N–H and O–H groups in total. The van der Waals surface area contributed by atoms with Crippen LogP contribution in [0.3, 0.4) is 0 Å². The lowest BCUT2D eigenvalue weighted by atomic mass is 10.0. The van der Waals surface area contributed by atoms with Crippen LogP contribution in [0.4, 0.5) is 4.39 Å². The van der Waals surface area contributed by atoms with Gasteiger partial charge in [-0.1, -0.05) is 0 Å². The van der Waals surface area contributed by atoms with E-state index in [-0.39, 0.29) is 23.1 Å². The van der Waals surface area contributed by atoms with Crippen LogP contribution in [0.15, 0.2) is 23.5 Å². The van der Waals surface area contributed by atoms with Gasteiger partial charge in [-0.05, 0) is 31.5 Å². The van der Waals surface area contributed by atoms with Gasteiger partial charge in [-0.25, -0.2) is 17.8 Å². The summed E-state index contributed by atoms with van der Waals surface area (Å²) in [5.41, 5.74) is 1.37. The number of aryl methyl sites for hydroxylation is 2. The normalized spacial score (nSPS) is 19.0. The fraction of sp³-hybridized carbons (Fsp3) is 0.412. The summed E-state index contributed by atoms with van der Waals surface area (Å²) in [6, 6.07) is 2.53. The van der Waals surface area contributed by atoms with E-state index in [2.05, 4.69) is 15.1 Å². The van der Waals surface area contributed by atoms with Crippen LogP contribution in [0.2, 0.25) is 0 Å². The minimum atomic E-state index is -3.81. The van der Waals surface area contributed by atoms with Crippen molar-refractivity contribution in [2.75, 3.05) is 19.8 Å². The summed E-state index contributed by atoms with van der Waals surface area (Å²) in [5, 5.41) is 4.68. The smallest absolute Gasteiger partial charge is 0.258 e. The van der Waals surface area contributed by atoms with E-state index in [1.165, 1.54) is 16.4 Å². The van der Waals surface area contributed by atoms with Gasteiger partial charge in [-0.2, -0.15) is 9.40 Å². The van der Waals surface area contributed by atoms with Crippen LogP contribution in [-0.4, -0.2) is 58.3 Å². The number of fused-ring (bicyclic) bond motifs is 1. The number of hydrogen-bond acceptors (Lipinski definition) is 5. The first kappa shape index (κ1) is 18.1. The van der Waals surface area contributed by atoms with E-state index in [1.54, 1.807) is 31.9 Å². The topological polar surface area (TPSA) is 93.1 Å². The molecule has 1 saturated heterocycles. The van der Waals surface area contributed by atoms with Gasteiger partial charge in [0.15, 0.2) is 5.82 Å². The van der Waals surface area contributed by atoms with Gasteiger partial charge < -0.3 is 9.72 Å². The molecule has 1 atom stereocenters. The average molecular weight is 393 g/mol. The zero-order valence-corrected chi connectivity index (χ0v) is 16.0. The molecule has 0 saturated carbocycles. The highest BCUT2D eigenvalue weighted by atomic mass is 32.2. The highest BCUT2D eigenvalue weighted by molar-refractivity contribution is 7.89. The van der Waals surface area contributed by atoms with Crippen molar-refractivity contribution < 1.29 is 17.5 Å². The monoisotopic (exact) mass is 393 g/mol. The largest absolute Gasteiger partial charge is 0.378 e. The summed E-state index contributed by atoms with van der Waals surface area (Å²) in [4.78, 5) is 7.00. The van der Waals surface area contributed by atoms with Crippen molar-refractivity contribution in [2.24, 2.45) is 7.05 Å².